The maximum Gasteiger partial charge on any atom is 1.00 e. The number of aldehydes is 2. The number of nitrogens with zero attached hydrogens (tertiary/aromatic N) is 4. The Hall–Kier alpha value is -0.940. The first-order valence-electron chi connectivity index (χ1n) is 7.52. The molecule has 5 N–H and O–H groups in total. The fourth-order valence-electron chi connectivity index (χ4n) is 1.98. The molecule has 2 heterocycles. The molecule has 0 bridgehead atoms. The van der Waals surface area contributed by atoms with Gasteiger partial charge in [0, 0.05) is 0 Å². The second-order valence-electron chi connectivity index (χ2n) is 5.28. The Kier molecular flexibility index (Phi) is 10.4. The standard InChI is InChI=1S/C10H14N5O13P3.Na/c11-9-8-10(13-4-12-9)15(5-14-8)7(2-17)26-6(1-16)3-25-30(21,22)28-31(23,24)27-29(18,19)20;/h1-2,4-7H,3H2,(H,21,22)(H,23,24)(H2,11,12,13)(H2,18,19,20);/q;+1/p-1/t6-,7-;/m1./s1. The van der Waals surface area contributed by atoms with Gasteiger partial charge < -0.3 is 34.8 Å². The Morgan fingerprint density at radius 2 is 1.75 bits per heavy atom. The summed E-state index contributed by atoms with van der Waals surface area (Å²) in [6.45, 7) is -1.11. The van der Waals surface area contributed by atoms with Gasteiger partial charge in [-0.3, -0.25) is 18.5 Å². The van der Waals surface area contributed by atoms with Crippen LogP contribution in [0.25, 0.3) is 11.2 Å². The maximum absolute atomic E-state index is 11.7. The largest absolute Gasteiger partial charge is 1.00 e. The molecule has 2 aromatic heterocycles. The van der Waals surface area contributed by atoms with Crippen molar-refractivity contribution in [2.45, 2.75) is 12.3 Å². The van der Waals surface area contributed by atoms with E-state index in [4.69, 9.17) is 20.3 Å². The fourth-order valence-corrected chi connectivity index (χ4v) is 4.97. The quantitative estimate of drug-likeness (QED) is 0.115. The molecule has 0 aromatic carbocycles. The average molecular weight is 527 g/mol. The van der Waals surface area contributed by atoms with E-state index in [2.05, 4.69) is 28.1 Å². The topological polar surface area (TPSA) is 276 Å². The third-order valence-corrected chi connectivity index (χ3v) is 6.84. The number of nitrogens with two attached hydrogens (primary N) is 1. The van der Waals surface area contributed by atoms with Gasteiger partial charge in [0.1, 0.15) is 17.9 Å². The molecule has 22 heteroatoms. The van der Waals surface area contributed by atoms with Crippen molar-refractivity contribution in [1.82, 2.24) is 19.5 Å². The summed E-state index contributed by atoms with van der Waals surface area (Å²) in [5.74, 6) is -0.0109. The summed E-state index contributed by atoms with van der Waals surface area (Å²) in [7, 11) is -17.1. The summed E-state index contributed by atoms with van der Waals surface area (Å²) in [6, 6.07) is 0. The van der Waals surface area contributed by atoms with Crippen LogP contribution in [0.15, 0.2) is 12.7 Å². The molecule has 0 saturated heterocycles. The number of hydrogen-bond donors (Lipinski definition) is 4. The van der Waals surface area contributed by atoms with Crippen molar-refractivity contribution in [3.05, 3.63) is 12.7 Å². The Morgan fingerprint density at radius 1 is 1.09 bits per heavy atom. The van der Waals surface area contributed by atoms with E-state index in [1.165, 1.54) is 0 Å². The Morgan fingerprint density at radius 3 is 2.31 bits per heavy atom. The van der Waals surface area contributed by atoms with Crippen LogP contribution in [0.1, 0.15) is 6.23 Å². The van der Waals surface area contributed by atoms with Crippen molar-refractivity contribution in [1.29, 1.82) is 0 Å². The zero-order chi connectivity index (χ0) is 23.4. The molecule has 32 heavy (non-hydrogen) atoms. The van der Waals surface area contributed by atoms with Gasteiger partial charge >= 0.3 is 45.2 Å². The first kappa shape index (κ1) is 29.1. The summed E-state index contributed by atoms with van der Waals surface area (Å²) in [5.41, 5.74) is 5.78. The van der Waals surface area contributed by atoms with Crippen molar-refractivity contribution in [3.8, 4) is 0 Å². The van der Waals surface area contributed by atoms with Crippen molar-refractivity contribution < 1.29 is 90.3 Å². The van der Waals surface area contributed by atoms with Crippen LogP contribution in [0, 0.1) is 0 Å². The Labute approximate surface area is 199 Å². The molecule has 0 aliphatic rings. The number of phosphoric acid groups is 3. The van der Waals surface area contributed by atoms with E-state index >= 15 is 0 Å². The number of imidazole rings is 1. The van der Waals surface area contributed by atoms with Crippen LogP contribution in [0.4, 0.5) is 5.82 Å². The third-order valence-electron chi connectivity index (χ3n) is 3.06. The number of hydrogen-bond acceptors (Lipinski definition) is 14. The summed E-state index contributed by atoms with van der Waals surface area (Å²) >= 11 is 0. The van der Waals surface area contributed by atoms with E-state index in [9.17, 15) is 33.1 Å². The van der Waals surface area contributed by atoms with E-state index in [0.717, 1.165) is 17.2 Å². The SMILES string of the molecule is Nc1ncnc2c1ncn2[C@@H](C=O)O[C@H](C=O)COP(=O)(O)OP(=O)(O)OP(=O)([O-])O.[Na+]. The first-order chi connectivity index (χ1) is 14.3. The first-order valence-corrected chi connectivity index (χ1v) is 12.0. The summed E-state index contributed by atoms with van der Waals surface area (Å²) in [6.07, 6.45) is -0.850. The van der Waals surface area contributed by atoms with Gasteiger partial charge in [-0.1, -0.05) is 0 Å². The molecule has 2 aromatic rings. The molecule has 0 fully saturated rings. The van der Waals surface area contributed by atoms with E-state index < -0.39 is 42.4 Å². The number of rotatable bonds is 12. The van der Waals surface area contributed by atoms with E-state index in [1.54, 1.807) is 0 Å². The molecular weight excluding hydrogens is 514 g/mol. The molecule has 5 atom stereocenters. The molecule has 0 radical (unpaired) electrons. The van der Waals surface area contributed by atoms with Crippen LogP contribution < -0.4 is 40.2 Å². The number of aromatic nitrogens is 4. The van der Waals surface area contributed by atoms with Gasteiger partial charge in [0.05, 0.1) is 12.9 Å². The summed E-state index contributed by atoms with van der Waals surface area (Å²) in [4.78, 5) is 71.2. The van der Waals surface area contributed by atoms with Crippen LogP contribution in [0.3, 0.4) is 0 Å². The number of nitrogen functional groups attached to an aromatic ring is 1. The van der Waals surface area contributed by atoms with Crippen LogP contribution >= 0.6 is 23.5 Å². The fraction of sp³-hybridized carbons (Fsp3) is 0.300. The van der Waals surface area contributed by atoms with Crippen molar-refractivity contribution >= 4 is 53.0 Å². The zero-order valence-electron chi connectivity index (χ0n) is 15.8. The molecule has 18 nitrogen and oxygen atoms in total. The van der Waals surface area contributed by atoms with Gasteiger partial charge in [-0.15, -0.1) is 0 Å². The zero-order valence-corrected chi connectivity index (χ0v) is 20.5. The second-order valence-corrected chi connectivity index (χ2v) is 9.66. The normalized spacial score (nSPS) is 19.0. The number of ether oxygens (including phenoxy) is 1. The Bertz CT molecular complexity index is 1110. The Balaban J connectivity index is 0.00000512. The third kappa shape index (κ3) is 8.44. The summed E-state index contributed by atoms with van der Waals surface area (Å²) < 4.78 is 50.7. The minimum atomic E-state index is -5.82. The molecule has 0 amide bonds. The molecule has 0 saturated carbocycles. The van der Waals surface area contributed by atoms with Crippen molar-refractivity contribution in [2.75, 3.05) is 12.3 Å². The molecule has 0 spiro atoms. The number of phosphoric ester groups is 1. The number of carbonyl (C=O) groups is 2. The van der Waals surface area contributed by atoms with Crippen molar-refractivity contribution in [3.63, 3.8) is 0 Å². The monoisotopic (exact) mass is 527 g/mol. The van der Waals surface area contributed by atoms with Gasteiger partial charge in [0.15, 0.2) is 30.3 Å². The van der Waals surface area contributed by atoms with Gasteiger partial charge in [-0.05, 0) is 0 Å². The second kappa shape index (κ2) is 11.5. The minimum Gasteiger partial charge on any atom is -0.756 e. The molecule has 0 aliphatic heterocycles. The van der Waals surface area contributed by atoms with Crippen LogP contribution in [0.2, 0.25) is 0 Å². The minimum absolute atomic E-state index is 0. The number of anilines is 1. The van der Waals surface area contributed by atoms with Gasteiger partial charge in [0.25, 0.3) is 7.82 Å². The molecule has 0 aliphatic carbocycles. The predicted octanol–water partition coefficient (Wildman–Crippen LogP) is -4.59. The number of fused-ring (bicyclic) bond motifs is 1. The summed E-state index contributed by atoms with van der Waals surface area (Å²) in [5, 5.41) is 0. The van der Waals surface area contributed by atoms with Crippen molar-refractivity contribution in [2.24, 2.45) is 0 Å². The molecule has 3 unspecified atom stereocenters. The van der Waals surface area contributed by atoms with E-state index in [1.807, 2.05) is 0 Å². The average Bonchev–Trinajstić information content (AvgIpc) is 3.04. The van der Waals surface area contributed by atoms with Crippen LogP contribution in [-0.4, -0.2) is 59.5 Å². The number of carbonyl (C=O) groups excluding carboxylic acids is 2. The van der Waals surface area contributed by atoms with E-state index in [-0.39, 0.29) is 59.1 Å². The smallest absolute Gasteiger partial charge is 0.756 e. The van der Waals surface area contributed by atoms with Crippen LogP contribution in [0.5, 0.6) is 0 Å². The van der Waals surface area contributed by atoms with Gasteiger partial charge in [-0.2, -0.15) is 4.31 Å². The van der Waals surface area contributed by atoms with Gasteiger partial charge in [0.2, 0.25) is 0 Å². The van der Waals surface area contributed by atoms with Crippen LogP contribution in [-0.2, 0) is 41.2 Å². The molecule has 172 valence electrons. The predicted molar refractivity (Wildman–Crippen MR) is 93.4 cm³/mol. The maximum atomic E-state index is 11.7. The molecular formula is C10H13N5NaO13P3. The van der Waals surface area contributed by atoms with E-state index in [0.29, 0.717) is 0 Å². The molecule has 2 rings (SSSR count). The van der Waals surface area contributed by atoms with Gasteiger partial charge in [-0.25, -0.2) is 28.4 Å².